The van der Waals surface area contributed by atoms with E-state index in [0.717, 1.165) is 22.3 Å². The van der Waals surface area contributed by atoms with Crippen LogP contribution in [0.2, 0.25) is 0 Å². The Hall–Kier alpha value is -3.07. The number of aryl methyl sites for hydroxylation is 1. The van der Waals surface area contributed by atoms with Gasteiger partial charge in [-0.05, 0) is 36.4 Å². The van der Waals surface area contributed by atoms with Gasteiger partial charge in [-0.25, -0.2) is 0 Å². The zero-order valence-corrected chi connectivity index (χ0v) is 13.7. The quantitative estimate of drug-likeness (QED) is 0.510. The average Bonchev–Trinajstić information content (AvgIpc) is 2.89. The largest absolute Gasteiger partial charge is 0.344 e. The maximum atomic E-state index is 12.3. The van der Waals surface area contributed by atoms with Gasteiger partial charge in [0, 0.05) is 47.2 Å². The van der Waals surface area contributed by atoms with Crippen molar-refractivity contribution in [3.63, 3.8) is 0 Å². The van der Waals surface area contributed by atoms with E-state index in [1.54, 1.807) is 11.8 Å². The van der Waals surface area contributed by atoms with Crippen LogP contribution in [0.15, 0.2) is 72.8 Å². The number of rotatable bonds is 2. The summed E-state index contributed by atoms with van der Waals surface area (Å²) in [4.78, 5) is 14.0. The number of anilines is 2. The monoisotopic (exact) mass is 314 g/mol. The molecule has 0 fully saturated rings. The minimum atomic E-state index is 0.000728. The Morgan fingerprint density at radius 3 is 2.21 bits per heavy atom. The van der Waals surface area contributed by atoms with Crippen LogP contribution >= 0.6 is 0 Å². The Labute approximate surface area is 140 Å². The van der Waals surface area contributed by atoms with Crippen molar-refractivity contribution in [2.45, 2.75) is 6.92 Å². The SMILES string of the molecule is CC(=O)N(c1ccccc1)c1ccc2c(c1)c1ccccc1n2C. The molecule has 4 rings (SSSR count). The van der Waals surface area contributed by atoms with Gasteiger partial charge in [-0.3, -0.25) is 9.69 Å². The van der Waals surface area contributed by atoms with Gasteiger partial charge in [-0.15, -0.1) is 0 Å². The van der Waals surface area contributed by atoms with E-state index in [0.29, 0.717) is 0 Å². The molecule has 0 N–H and O–H groups in total. The van der Waals surface area contributed by atoms with Crippen LogP contribution < -0.4 is 4.90 Å². The maximum Gasteiger partial charge on any atom is 0.228 e. The molecule has 1 heterocycles. The van der Waals surface area contributed by atoms with Gasteiger partial charge in [0.25, 0.3) is 0 Å². The van der Waals surface area contributed by atoms with Crippen LogP contribution in [0.1, 0.15) is 6.92 Å². The molecule has 0 saturated carbocycles. The normalized spacial score (nSPS) is 11.1. The van der Waals surface area contributed by atoms with Crippen LogP contribution in [-0.4, -0.2) is 10.5 Å². The number of para-hydroxylation sites is 2. The second kappa shape index (κ2) is 5.53. The number of carbonyl (C=O) groups excluding carboxylic acids is 1. The van der Waals surface area contributed by atoms with E-state index in [9.17, 15) is 4.79 Å². The first-order chi connectivity index (χ1) is 11.7. The number of fused-ring (bicyclic) bond motifs is 3. The second-order valence-corrected chi connectivity index (χ2v) is 5.97. The Bertz CT molecular complexity index is 1050. The fourth-order valence-electron chi connectivity index (χ4n) is 3.38. The molecule has 0 aliphatic carbocycles. The summed E-state index contributed by atoms with van der Waals surface area (Å²) in [7, 11) is 2.07. The van der Waals surface area contributed by atoms with Crippen LogP contribution in [0, 0.1) is 0 Å². The standard InChI is InChI=1S/C21H18N2O/c1-15(24)23(16-8-4-3-5-9-16)17-12-13-21-19(14-17)18-10-6-7-11-20(18)22(21)2/h3-14H,1-2H3. The molecular formula is C21H18N2O. The highest BCUT2D eigenvalue weighted by Gasteiger charge is 2.16. The number of benzene rings is 3. The van der Waals surface area contributed by atoms with Gasteiger partial charge >= 0.3 is 0 Å². The molecule has 0 saturated heterocycles. The van der Waals surface area contributed by atoms with Crippen LogP contribution in [0.5, 0.6) is 0 Å². The Balaban J connectivity index is 1.96. The topological polar surface area (TPSA) is 25.2 Å². The smallest absolute Gasteiger partial charge is 0.228 e. The van der Waals surface area contributed by atoms with Crippen molar-refractivity contribution < 1.29 is 4.79 Å². The molecule has 0 spiro atoms. The van der Waals surface area contributed by atoms with Crippen LogP contribution in [0.3, 0.4) is 0 Å². The number of hydrogen-bond donors (Lipinski definition) is 0. The first-order valence-electron chi connectivity index (χ1n) is 8.00. The summed E-state index contributed by atoms with van der Waals surface area (Å²) in [6.45, 7) is 1.60. The molecule has 3 aromatic carbocycles. The van der Waals surface area contributed by atoms with Crippen molar-refractivity contribution in [1.29, 1.82) is 0 Å². The molecule has 1 aromatic heterocycles. The lowest BCUT2D eigenvalue weighted by Gasteiger charge is -2.21. The van der Waals surface area contributed by atoms with E-state index in [2.05, 4.69) is 35.9 Å². The highest BCUT2D eigenvalue weighted by Crippen LogP contribution is 2.33. The van der Waals surface area contributed by atoms with Gasteiger partial charge in [-0.2, -0.15) is 0 Å². The third-order valence-corrected chi connectivity index (χ3v) is 4.48. The van der Waals surface area contributed by atoms with E-state index in [-0.39, 0.29) is 5.91 Å². The third kappa shape index (κ3) is 2.17. The van der Waals surface area contributed by atoms with Crippen molar-refractivity contribution in [3.05, 3.63) is 72.8 Å². The van der Waals surface area contributed by atoms with Crippen molar-refractivity contribution in [2.24, 2.45) is 7.05 Å². The molecule has 3 heteroatoms. The molecule has 0 aliphatic rings. The molecule has 3 nitrogen and oxygen atoms in total. The van der Waals surface area contributed by atoms with Crippen molar-refractivity contribution in [3.8, 4) is 0 Å². The lowest BCUT2D eigenvalue weighted by atomic mass is 10.1. The van der Waals surface area contributed by atoms with E-state index >= 15 is 0 Å². The van der Waals surface area contributed by atoms with E-state index in [1.165, 1.54) is 10.9 Å². The van der Waals surface area contributed by atoms with Gasteiger partial charge in [0.05, 0.1) is 0 Å². The molecule has 1 amide bonds. The Morgan fingerprint density at radius 1 is 0.792 bits per heavy atom. The first kappa shape index (κ1) is 14.5. The molecule has 0 radical (unpaired) electrons. The highest BCUT2D eigenvalue weighted by molar-refractivity contribution is 6.10. The number of amides is 1. The predicted octanol–water partition coefficient (Wildman–Crippen LogP) is 5.02. The van der Waals surface area contributed by atoms with E-state index < -0.39 is 0 Å². The molecule has 0 aliphatic heterocycles. The van der Waals surface area contributed by atoms with Gasteiger partial charge in [0.1, 0.15) is 0 Å². The Morgan fingerprint density at radius 2 is 1.46 bits per heavy atom. The fourth-order valence-corrected chi connectivity index (χ4v) is 3.38. The summed E-state index contributed by atoms with van der Waals surface area (Å²) in [6, 6.07) is 24.3. The minimum absolute atomic E-state index is 0.000728. The number of hydrogen-bond acceptors (Lipinski definition) is 1. The summed E-state index contributed by atoms with van der Waals surface area (Å²) < 4.78 is 2.19. The van der Waals surface area contributed by atoms with Crippen molar-refractivity contribution >= 4 is 39.1 Å². The maximum absolute atomic E-state index is 12.3. The molecule has 118 valence electrons. The molecule has 24 heavy (non-hydrogen) atoms. The fraction of sp³-hybridized carbons (Fsp3) is 0.0952. The zero-order chi connectivity index (χ0) is 16.7. The molecule has 4 aromatic rings. The summed E-state index contributed by atoms with van der Waals surface area (Å²) in [5.74, 6) is 0.000728. The molecule has 0 bridgehead atoms. The average molecular weight is 314 g/mol. The predicted molar refractivity (Wildman–Crippen MR) is 99.7 cm³/mol. The van der Waals surface area contributed by atoms with E-state index in [1.807, 2.05) is 48.5 Å². The Kier molecular flexibility index (Phi) is 3.35. The zero-order valence-electron chi connectivity index (χ0n) is 13.7. The summed E-state index contributed by atoms with van der Waals surface area (Å²) in [6.07, 6.45) is 0. The van der Waals surface area contributed by atoms with Gasteiger partial charge in [-0.1, -0.05) is 36.4 Å². The highest BCUT2D eigenvalue weighted by atomic mass is 16.2. The third-order valence-electron chi connectivity index (χ3n) is 4.48. The minimum Gasteiger partial charge on any atom is -0.344 e. The second-order valence-electron chi connectivity index (χ2n) is 5.97. The summed E-state index contributed by atoms with van der Waals surface area (Å²) >= 11 is 0. The number of carbonyl (C=O) groups is 1. The van der Waals surface area contributed by atoms with Gasteiger partial charge in [0.2, 0.25) is 5.91 Å². The van der Waals surface area contributed by atoms with Crippen LogP contribution in [0.25, 0.3) is 21.8 Å². The van der Waals surface area contributed by atoms with Crippen LogP contribution in [-0.2, 0) is 11.8 Å². The van der Waals surface area contributed by atoms with Crippen molar-refractivity contribution in [2.75, 3.05) is 4.90 Å². The van der Waals surface area contributed by atoms with Gasteiger partial charge < -0.3 is 4.57 Å². The summed E-state index contributed by atoms with van der Waals surface area (Å²) in [5.41, 5.74) is 4.12. The first-order valence-corrected chi connectivity index (χ1v) is 8.00. The molecular weight excluding hydrogens is 296 g/mol. The molecule has 0 atom stereocenters. The summed E-state index contributed by atoms with van der Waals surface area (Å²) in [5, 5.41) is 2.36. The van der Waals surface area contributed by atoms with E-state index in [4.69, 9.17) is 0 Å². The lowest BCUT2D eigenvalue weighted by Crippen LogP contribution is -2.22. The number of aromatic nitrogens is 1. The molecule has 0 unspecified atom stereocenters. The van der Waals surface area contributed by atoms with Crippen LogP contribution in [0.4, 0.5) is 11.4 Å². The number of nitrogens with zero attached hydrogens (tertiary/aromatic N) is 2. The van der Waals surface area contributed by atoms with Crippen molar-refractivity contribution in [1.82, 2.24) is 4.57 Å². The van der Waals surface area contributed by atoms with Gasteiger partial charge in [0.15, 0.2) is 0 Å². The lowest BCUT2D eigenvalue weighted by molar-refractivity contribution is -0.115.